The molecular weight excluding hydrogens is 506 g/mol. The molecule has 3 heterocycles. The minimum Gasteiger partial charge on any atom is -0.386 e. The summed E-state index contributed by atoms with van der Waals surface area (Å²) in [5.41, 5.74) is 3.61. The minimum atomic E-state index is -0.421. The van der Waals surface area contributed by atoms with Crippen molar-refractivity contribution in [2.45, 2.75) is 30.5 Å². The van der Waals surface area contributed by atoms with Gasteiger partial charge in [-0.05, 0) is 29.8 Å². The lowest BCUT2D eigenvalue weighted by Gasteiger charge is -2.20. The second-order valence-electron chi connectivity index (χ2n) is 8.42. The first-order chi connectivity index (χ1) is 16.7. The molecule has 4 nitrogen and oxygen atoms in total. The van der Waals surface area contributed by atoms with Crippen LogP contribution >= 0.6 is 27.7 Å². The van der Waals surface area contributed by atoms with E-state index in [1.54, 1.807) is 0 Å². The Labute approximate surface area is 213 Å². The molecule has 1 atom stereocenters. The molecule has 0 amide bonds. The zero-order valence-corrected chi connectivity index (χ0v) is 21.3. The Balaban J connectivity index is 1.46. The van der Waals surface area contributed by atoms with Crippen molar-refractivity contribution < 1.29 is 14.2 Å². The van der Waals surface area contributed by atoms with E-state index in [0.717, 1.165) is 25.0 Å². The molecule has 0 saturated heterocycles. The molecule has 0 radical (unpaired) electrons. The van der Waals surface area contributed by atoms with Crippen molar-refractivity contribution in [3.8, 4) is 0 Å². The van der Waals surface area contributed by atoms with Crippen molar-refractivity contribution in [1.29, 1.82) is 0 Å². The summed E-state index contributed by atoms with van der Waals surface area (Å²) in [6, 6.07) is 25.5. The average molecular weight is 535 g/mol. The van der Waals surface area contributed by atoms with Crippen molar-refractivity contribution in [3.63, 3.8) is 0 Å². The number of alkyl halides is 1. The number of aryl methyl sites for hydroxylation is 1. The topological polar surface area (TPSA) is 31.2 Å². The normalized spacial score (nSPS) is 15.1. The van der Waals surface area contributed by atoms with Crippen LogP contribution in [-0.4, -0.2) is 23.1 Å². The summed E-state index contributed by atoms with van der Waals surface area (Å²) in [5.74, 6) is 0. The van der Waals surface area contributed by atoms with E-state index in [2.05, 4.69) is 127 Å². The number of nitrogens with zero attached hydrogens (tertiary/aromatic N) is 3. The second kappa shape index (κ2) is 10.7. The van der Waals surface area contributed by atoms with Gasteiger partial charge in [0.15, 0.2) is 25.1 Å². The highest BCUT2D eigenvalue weighted by Gasteiger charge is 2.25. The fourth-order valence-corrected chi connectivity index (χ4v) is 5.73. The van der Waals surface area contributed by atoms with Crippen LogP contribution in [-0.2, 0) is 13.1 Å². The van der Waals surface area contributed by atoms with Crippen LogP contribution < -0.4 is 14.0 Å². The number of halogens is 1. The first-order valence-corrected chi connectivity index (χ1v) is 13.5. The van der Waals surface area contributed by atoms with Gasteiger partial charge < -0.3 is 10.0 Å². The standard InChI is InChI=1S/C28H28BrN3OS/c29-20-23(33)21-31-18-13-22(24-9-2-3-10-25(24)31)19-28-32(26-11-4-5-12-27(26)34-28)17-8-16-30-14-6-1-7-15-30/h1-7,9-15,18-19,23,33H,8,16-17,20-21H2/q+2. The summed E-state index contributed by atoms with van der Waals surface area (Å²) in [7, 11) is 0. The molecule has 1 unspecified atom stereocenters. The number of hydrogen-bond acceptors (Lipinski definition) is 3. The summed E-state index contributed by atoms with van der Waals surface area (Å²) in [5, 5.41) is 13.2. The molecule has 0 fully saturated rings. The van der Waals surface area contributed by atoms with E-state index in [1.807, 2.05) is 11.8 Å². The third kappa shape index (κ3) is 5.04. The van der Waals surface area contributed by atoms with Gasteiger partial charge in [0.1, 0.15) is 12.6 Å². The van der Waals surface area contributed by atoms with Crippen LogP contribution in [0.4, 0.5) is 5.69 Å². The number of hydrogen-bond donors (Lipinski definition) is 1. The third-order valence-corrected chi connectivity index (χ3v) is 7.89. The van der Waals surface area contributed by atoms with Gasteiger partial charge in [-0.2, -0.15) is 4.57 Å². The monoisotopic (exact) mass is 533 g/mol. The largest absolute Gasteiger partial charge is 0.386 e. The fraction of sp³-hybridized carbons (Fsp3) is 0.214. The van der Waals surface area contributed by atoms with Gasteiger partial charge >= 0.3 is 0 Å². The first kappa shape index (κ1) is 23.1. The Morgan fingerprint density at radius 1 is 0.941 bits per heavy atom. The Morgan fingerprint density at radius 2 is 1.74 bits per heavy atom. The highest BCUT2D eigenvalue weighted by atomic mass is 79.9. The van der Waals surface area contributed by atoms with E-state index in [9.17, 15) is 5.11 Å². The summed E-state index contributed by atoms with van der Waals surface area (Å²) >= 11 is 5.22. The summed E-state index contributed by atoms with van der Waals surface area (Å²) in [6.45, 7) is 2.51. The molecule has 2 aromatic carbocycles. The number of anilines is 1. The van der Waals surface area contributed by atoms with Crippen LogP contribution in [0.5, 0.6) is 0 Å². The van der Waals surface area contributed by atoms with Gasteiger partial charge in [0.25, 0.3) is 0 Å². The quantitative estimate of drug-likeness (QED) is 0.250. The average Bonchev–Trinajstić information content (AvgIpc) is 3.23. The first-order valence-electron chi connectivity index (χ1n) is 11.6. The van der Waals surface area contributed by atoms with Crippen molar-refractivity contribution in [1.82, 2.24) is 0 Å². The number of benzene rings is 2. The van der Waals surface area contributed by atoms with Crippen LogP contribution in [0.15, 0.2) is 101 Å². The lowest BCUT2D eigenvalue weighted by atomic mass is 10.1. The molecule has 4 aromatic rings. The molecule has 2 aromatic heterocycles. The Hall–Kier alpha value is -2.67. The Morgan fingerprint density at radius 3 is 2.59 bits per heavy atom. The van der Waals surface area contributed by atoms with Gasteiger partial charge in [0, 0.05) is 47.5 Å². The molecule has 5 rings (SSSR count). The number of para-hydroxylation sites is 2. The zero-order valence-electron chi connectivity index (χ0n) is 18.9. The van der Waals surface area contributed by atoms with Gasteiger partial charge in [-0.1, -0.05) is 58.0 Å². The molecule has 0 spiro atoms. The highest BCUT2D eigenvalue weighted by Crippen LogP contribution is 2.46. The summed E-state index contributed by atoms with van der Waals surface area (Å²) in [4.78, 5) is 3.75. The van der Waals surface area contributed by atoms with Gasteiger partial charge in [-0.25, -0.2) is 4.57 Å². The van der Waals surface area contributed by atoms with E-state index < -0.39 is 6.10 Å². The number of rotatable bonds is 8. The Bertz CT molecular complexity index is 1310. The predicted octanol–water partition coefficient (Wildman–Crippen LogP) is 5.17. The lowest BCUT2D eigenvalue weighted by molar-refractivity contribution is -0.697. The maximum Gasteiger partial charge on any atom is 0.213 e. The molecule has 1 aliphatic rings. The van der Waals surface area contributed by atoms with Gasteiger partial charge in [0.2, 0.25) is 5.52 Å². The number of aliphatic hydroxyl groups excluding tert-OH is 1. The Kier molecular flexibility index (Phi) is 7.28. The highest BCUT2D eigenvalue weighted by molar-refractivity contribution is 9.09. The molecule has 6 heteroatoms. The number of thioether (sulfide) groups is 1. The molecule has 0 bridgehead atoms. The number of fused-ring (bicyclic) bond motifs is 2. The maximum absolute atomic E-state index is 10.2. The number of pyridine rings is 2. The van der Waals surface area contributed by atoms with Gasteiger partial charge in [-0.15, -0.1) is 0 Å². The molecule has 1 aliphatic heterocycles. The van der Waals surface area contributed by atoms with E-state index in [1.165, 1.54) is 26.6 Å². The number of aromatic nitrogens is 2. The summed E-state index contributed by atoms with van der Waals surface area (Å²) in [6.07, 6.45) is 9.29. The van der Waals surface area contributed by atoms with Gasteiger partial charge in [0.05, 0.1) is 16.1 Å². The van der Waals surface area contributed by atoms with Crippen LogP contribution in [0.3, 0.4) is 0 Å². The van der Waals surface area contributed by atoms with Crippen molar-refractivity contribution in [3.05, 3.63) is 102 Å². The van der Waals surface area contributed by atoms with Crippen LogP contribution in [0.25, 0.3) is 17.0 Å². The van der Waals surface area contributed by atoms with E-state index in [0.29, 0.717) is 11.9 Å². The molecule has 34 heavy (non-hydrogen) atoms. The third-order valence-electron chi connectivity index (χ3n) is 6.04. The molecule has 1 N–H and O–H groups in total. The summed E-state index contributed by atoms with van der Waals surface area (Å²) < 4.78 is 4.37. The zero-order chi connectivity index (χ0) is 23.3. The molecular formula is C28H28BrN3OS+2. The van der Waals surface area contributed by atoms with Crippen LogP contribution in [0, 0.1) is 0 Å². The van der Waals surface area contributed by atoms with Gasteiger partial charge in [-0.3, -0.25) is 0 Å². The van der Waals surface area contributed by atoms with Crippen LogP contribution in [0.1, 0.15) is 12.0 Å². The fourth-order valence-electron chi connectivity index (χ4n) is 4.39. The van der Waals surface area contributed by atoms with Crippen molar-refractivity contribution >= 4 is 50.4 Å². The predicted molar refractivity (Wildman–Crippen MR) is 143 cm³/mol. The second-order valence-corrected chi connectivity index (χ2v) is 10.1. The van der Waals surface area contributed by atoms with E-state index in [-0.39, 0.29) is 0 Å². The lowest BCUT2D eigenvalue weighted by Crippen LogP contribution is -2.41. The van der Waals surface area contributed by atoms with E-state index >= 15 is 0 Å². The smallest absolute Gasteiger partial charge is 0.213 e. The SMILES string of the molecule is OC(CBr)C[n+]1ccc(/C=C2\Sc3ccccc3N2CCC[n+]2ccccc2)c2ccccc21. The maximum atomic E-state index is 10.2. The van der Waals surface area contributed by atoms with Crippen molar-refractivity contribution in [2.75, 3.05) is 16.8 Å². The molecule has 0 saturated carbocycles. The molecule has 172 valence electrons. The van der Waals surface area contributed by atoms with Crippen molar-refractivity contribution in [2.24, 2.45) is 0 Å². The van der Waals surface area contributed by atoms with Crippen LogP contribution in [0.2, 0.25) is 0 Å². The number of aliphatic hydroxyl groups is 1. The van der Waals surface area contributed by atoms with E-state index in [4.69, 9.17) is 0 Å². The minimum absolute atomic E-state index is 0.421. The molecule has 0 aliphatic carbocycles.